The highest BCUT2D eigenvalue weighted by Gasteiger charge is 2.12. The number of rotatable bonds is 2. The first-order chi connectivity index (χ1) is 7.99. The van der Waals surface area contributed by atoms with E-state index >= 15 is 0 Å². The van der Waals surface area contributed by atoms with Gasteiger partial charge in [-0.15, -0.1) is 15.7 Å². The molecule has 0 aliphatic rings. The van der Waals surface area contributed by atoms with E-state index in [0.29, 0.717) is 4.80 Å². The number of halogens is 1. The van der Waals surface area contributed by atoms with Crippen LogP contribution in [0.1, 0.15) is 0 Å². The van der Waals surface area contributed by atoms with E-state index in [4.69, 9.17) is 0 Å². The van der Waals surface area contributed by atoms with E-state index in [2.05, 4.69) is 20.3 Å². The van der Waals surface area contributed by atoms with Crippen LogP contribution in [0.15, 0.2) is 49.6 Å². The molecule has 0 radical (unpaired) electrons. The number of aromatic nitrogens is 1. The normalized spacial score (nSPS) is 12.9. The molecular weight excluding hydrogens is 324 g/mol. The lowest BCUT2D eigenvalue weighted by molar-refractivity contribution is 0.596. The lowest BCUT2D eigenvalue weighted by Crippen LogP contribution is -2.12. The molecule has 90 valence electrons. The second-order valence-electron chi connectivity index (χ2n) is 3.32. The zero-order chi connectivity index (χ0) is 12.5. The first-order valence-corrected chi connectivity index (χ1v) is 7.77. The van der Waals surface area contributed by atoms with Crippen LogP contribution in [0.25, 0.3) is 0 Å². The van der Waals surface area contributed by atoms with Crippen molar-refractivity contribution >= 4 is 37.3 Å². The second kappa shape index (κ2) is 4.75. The van der Waals surface area contributed by atoms with Gasteiger partial charge in [0.05, 0.1) is 4.90 Å². The Balaban J connectivity index is 2.52. The molecule has 0 spiro atoms. The van der Waals surface area contributed by atoms with Crippen molar-refractivity contribution in [3.8, 4) is 0 Å². The van der Waals surface area contributed by atoms with E-state index in [1.54, 1.807) is 35.3 Å². The van der Waals surface area contributed by atoms with Crippen molar-refractivity contribution in [1.82, 2.24) is 4.57 Å². The minimum absolute atomic E-state index is 0.189. The molecule has 0 N–H and O–H groups in total. The van der Waals surface area contributed by atoms with Crippen molar-refractivity contribution in [3.05, 3.63) is 45.1 Å². The van der Waals surface area contributed by atoms with Gasteiger partial charge in [-0.25, -0.2) is 0 Å². The first kappa shape index (κ1) is 12.5. The number of nitrogens with zero attached hydrogens (tertiary/aromatic N) is 2. The third-order valence-corrected chi connectivity index (χ3v) is 4.84. The van der Waals surface area contributed by atoms with E-state index in [0.717, 1.165) is 4.47 Å². The zero-order valence-electron chi connectivity index (χ0n) is 8.87. The average Bonchev–Trinajstić information content (AvgIpc) is 2.64. The van der Waals surface area contributed by atoms with Crippen molar-refractivity contribution in [2.24, 2.45) is 11.4 Å². The van der Waals surface area contributed by atoms with Gasteiger partial charge >= 0.3 is 0 Å². The Morgan fingerprint density at radius 2 is 1.94 bits per heavy atom. The van der Waals surface area contributed by atoms with Crippen molar-refractivity contribution in [1.29, 1.82) is 0 Å². The summed E-state index contributed by atoms with van der Waals surface area (Å²) in [6.07, 6.45) is 1.76. The summed E-state index contributed by atoms with van der Waals surface area (Å²) in [5, 5.41) is 1.79. The summed E-state index contributed by atoms with van der Waals surface area (Å²) in [6, 6.07) is 6.40. The molecule has 0 bridgehead atoms. The molecule has 0 saturated heterocycles. The molecule has 2 aromatic rings. The van der Waals surface area contributed by atoms with Crippen molar-refractivity contribution < 1.29 is 8.42 Å². The maximum absolute atomic E-state index is 12.0. The Bertz CT molecular complexity index is 684. The lowest BCUT2D eigenvalue weighted by atomic mass is 10.4. The summed E-state index contributed by atoms with van der Waals surface area (Å²) in [6.45, 7) is 0. The Kier molecular flexibility index (Phi) is 3.50. The number of aryl methyl sites for hydroxylation is 1. The number of thiazole rings is 1. The van der Waals surface area contributed by atoms with Gasteiger partial charge < -0.3 is 4.57 Å². The maximum atomic E-state index is 12.0. The molecule has 1 aromatic carbocycles. The minimum atomic E-state index is -3.63. The summed E-state index contributed by atoms with van der Waals surface area (Å²) in [5.41, 5.74) is 0. The predicted octanol–water partition coefficient (Wildman–Crippen LogP) is 2.14. The molecule has 0 fully saturated rings. The molecule has 1 heterocycles. The van der Waals surface area contributed by atoms with Crippen LogP contribution >= 0.6 is 27.3 Å². The van der Waals surface area contributed by atoms with Gasteiger partial charge in [-0.05, 0) is 24.3 Å². The smallest absolute Gasteiger partial charge is 0.285 e. The summed E-state index contributed by atoms with van der Waals surface area (Å²) in [7, 11) is -1.87. The van der Waals surface area contributed by atoms with Crippen LogP contribution in [-0.4, -0.2) is 13.0 Å². The fourth-order valence-electron chi connectivity index (χ4n) is 1.18. The minimum Gasteiger partial charge on any atom is -0.326 e. The van der Waals surface area contributed by atoms with Crippen LogP contribution in [0, 0.1) is 0 Å². The summed E-state index contributed by atoms with van der Waals surface area (Å²) >= 11 is 4.54. The molecule has 0 unspecified atom stereocenters. The molecule has 2 rings (SSSR count). The van der Waals surface area contributed by atoms with Crippen LogP contribution in [0.2, 0.25) is 0 Å². The van der Waals surface area contributed by atoms with Gasteiger partial charge in [0.2, 0.25) is 4.80 Å². The van der Waals surface area contributed by atoms with Gasteiger partial charge in [-0.3, -0.25) is 0 Å². The van der Waals surface area contributed by atoms with Crippen LogP contribution in [0.5, 0.6) is 0 Å². The fraction of sp³-hybridized carbons (Fsp3) is 0.100. The zero-order valence-corrected chi connectivity index (χ0v) is 12.1. The molecule has 4 nitrogen and oxygen atoms in total. The highest BCUT2D eigenvalue weighted by Crippen LogP contribution is 2.16. The van der Waals surface area contributed by atoms with Crippen LogP contribution in [0.3, 0.4) is 0 Å². The van der Waals surface area contributed by atoms with E-state index in [-0.39, 0.29) is 4.90 Å². The highest BCUT2D eigenvalue weighted by molar-refractivity contribution is 9.10. The van der Waals surface area contributed by atoms with Gasteiger partial charge in [-0.1, -0.05) is 15.9 Å². The summed E-state index contributed by atoms with van der Waals surface area (Å²) < 4.78 is 30.2. The number of sulfonamides is 1. The monoisotopic (exact) mass is 332 g/mol. The Morgan fingerprint density at radius 3 is 2.47 bits per heavy atom. The Labute approximate surface area is 111 Å². The molecule has 0 saturated carbocycles. The molecule has 0 aliphatic heterocycles. The quantitative estimate of drug-likeness (QED) is 0.845. The molecule has 17 heavy (non-hydrogen) atoms. The predicted molar refractivity (Wildman–Crippen MR) is 70.2 cm³/mol. The highest BCUT2D eigenvalue weighted by atomic mass is 79.9. The van der Waals surface area contributed by atoms with Crippen LogP contribution in [0.4, 0.5) is 0 Å². The van der Waals surface area contributed by atoms with Crippen molar-refractivity contribution in [2.45, 2.75) is 4.90 Å². The van der Waals surface area contributed by atoms with E-state index in [1.807, 2.05) is 0 Å². The third-order valence-electron chi connectivity index (χ3n) is 2.07. The van der Waals surface area contributed by atoms with E-state index < -0.39 is 10.0 Å². The summed E-state index contributed by atoms with van der Waals surface area (Å²) in [4.78, 5) is 0.641. The van der Waals surface area contributed by atoms with Crippen LogP contribution in [-0.2, 0) is 17.1 Å². The van der Waals surface area contributed by atoms with Crippen LogP contribution < -0.4 is 4.80 Å². The van der Waals surface area contributed by atoms with Gasteiger partial charge in [-0.2, -0.15) is 8.42 Å². The van der Waals surface area contributed by atoms with Crippen molar-refractivity contribution in [2.75, 3.05) is 0 Å². The summed E-state index contributed by atoms with van der Waals surface area (Å²) in [5.74, 6) is 0. The fourth-order valence-corrected chi connectivity index (χ4v) is 3.42. The van der Waals surface area contributed by atoms with E-state index in [9.17, 15) is 8.42 Å². The number of hydrogen-bond donors (Lipinski definition) is 0. The van der Waals surface area contributed by atoms with Gasteiger partial charge in [0.1, 0.15) is 0 Å². The second-order valence-corrected chi connectivity index (χ2v) is 6.71. The standard InChI is InChI=1S/C10H9BrN2O2S2/c1-13-6-7-16-10(13)12-17(14,15)9-4-2-8(11)3-5-9/h2-7H,1H3. The largest absolute Gasteiger partial charge is 0.326 e. The molecule has 1 aromatic heterocycles. The molecule has 0 amide bonds. The maximum Gasteiger partial charge on any atom is 0.285 e. The molecule has 0 aliphatic carbocycles. The lowest BCUT2D eigenvalue weighted by Gasteiger charge is -1.98. The van der Waals surface area contributed by atoms with Crippen molar-refractivity contribution in [3.63, 3.8) is 0 Å². The molecule has 7 heteroatoms. The first-order valence-electron chi connectivity index (χ1n) is 4.66. The van der Waals surface area contributed by atoms with Gasteiger partial charge in [0.15, 0.2) is 0 Å². The van der Waals surface area contributed by atoms with E-state index in [1.165, 1.54) is 23.5 Å². The number of benzene rings is 1. The Hall–Kier alpha value is -0.920. The third kappa shape index (κ3) is 2.85. The average molecular weight is 333 g/mol. The Morgan fingerprint density at radius 1 is 1.29 bits per heavy atom. The molecular formula is C10H9BrN2O2S2. The molecule has 0 atom stereocenters. The van der Waals surface area contributed by atoms with Gasteiger partial charge in [0, 0.05) is 23.1 Å². The topological polar surface area (TPSA) is 51.4 Å². The van der Waals surface area contributed by atoms with Gasteiger partial charge in [0.25, 0.3) is 10.0 Å². The SMILES string of the molecule is Cn1ccsc1=NS(=O)(=O)c1ccc(Br)cc1. The number of hydrogen-bond acceptors (Lipinski definition) is 3.